The number of hydrogen-bond acceptors (Lipinski definition) is 2. The molecule has 0 fully saturated rings. The molecule has 0 radical (unpaired) electrons. The lowest BCUT2D eigenvalue weighted by Gasteiger charge is -2.23. The highest BCUT2D eigenvalue weighted by Crippen LogP contribution is 2.25. The van der Waals surface area contributed by atoms with Crippen molar-refractivity contribution in [2.75, 3.05) is 5.32 Å². The third-order valence-corrected chi connectivity index (χ3v) is 3.03. The van der Waals surface area contributed by atoms with Gasteiger partial charge in [-0.1, -0.05) is 27.7 Å². The molecule has 0 spiro atoms. The van der Waals surface area contributed by atoms with Crippen molar-refractivity contribution < 1.29 is 17.9 Å². The van der Waals surface area contributed by atoms with E-state index in [1.807, 2.05) is 0 Å². The summed E-state index contributed by atoms with van der Waals surface area (Å²) in [4.78, 5) is 0. The number of benzene rings is 1. The average Bonchev–Trinajstić information content (AvgIpc) is 2.30. The predicted octanol–water partition coefficient (Wildman–Crippen LogP) is 5.30. The Hall–Kier alpha value is -1.39. The van der Waals surface area contributed by atoms with Crippen LogP contribution in [0.2, 0.25) is 0 Å². The first-order chi connectivity index (χ1) is 9.77. The molecular formula is C16H24F3NO. The third-order valence-electron chi connectivity index (χ3n) is 3.03. The highest BCUT2D eigenvalue weighted by atomic mass is 19.3. The van der Waals surface area contributed by atoms with Gasteiger partial charge >= 0.3 is 6.61 Å². The van der Waals surface area contributed by atoms with Crippen LogP contribution in [0.25, 0.3) is 0 Å². The molecule has 120 valence electrons. The molecule has 0 aromatic heterocycles. The highest BCUT2D eigenvalue weighted by molar-refractivity contribution is 5.48. The van der Waals surface area contributed by atoms with Crippen LogP contribution < -0.4 is 10.1 Å². The van der Waals surface area contributed by atoms with Crippen LogP contribution in [0.15, 0.2) is 18.2 Å². The van der Waals surface area contributed by atoms with Gasteiger partial charge in [0, 0.05) is 17.8 Å². The molecule has 21 heavy (non-hydrogen) atoms. The summed E-state index contributed by atoms with van der Waals surface area (Å²) in [6.45, 7) is 5.52. The summed E-state index contributed by atoms with van der Waals surface area (Å²) in [5.74, 6) is -0.173. The number of anilines is 1. The monoisotopic (exact) mass is 303 g/mol. The Morgan fingerprint density at radius 1 is 1.05 bits per heavy atom. The van der Waals surface area contributed by atoms with Crippen LogP contribution in [0.4, 0.5) is 18.9 Å². The van der Waals surface area contributed by atoms with E-state index in [2.05, 4.69) is 37.7 Å². The average molecular weight is 303 g/mol. The zero-order chi connectivity index (χ0) is 16.0. The standard InChI is InChI=1S/C16H24F3NO/c1-10(2)7-13(8-11(3)4)20-12-5-6-15(14(17)9-12)21-16(18)19/h5-6,9-11,13,16,20H,7-8H2,1-4H3. The molecule has 1 aromatic carbocycles. The minimum atomic E-state index is -3.02. The van der Waals surface area contributed by atoms with Gasteiger partial charge in [0.05, 0.1) is 0 Å². The van der Waals surface area contributed by atoms with E-state index in [9.17, 15) is 13.2 Å². The fourth-order valence-electron chi connectivity index (χ4n) is 2.37. The summed E-state index contributed by atoms with van der Waals surface area (Å²) in [6, 6.07) is 4.22. The second-order valence-electron chi connectivity index (χ2n) is 6.12. The Balaban J connectivity index is 2.76. The van der Waals surface area contributed by atoms with Gasteiger partial charge in [0.15, 0.2) is 11.6 Å². The fraction of sp³-hybridized carbons (Fsp3) is 0.625. The van der Waals surface area contributed by atoms with E-state index in [0.717, 1.165) is 12.8 Å². The molecule has 0 heterocycles. The normalized spacial score (nSPS) is 11.8. The quantitative estimate of drug-likeness (QED) is 0.703. The number of nitrogens with one attached hydrogen (secondary N) is 1. The van der Waals surface area contributed by atoms with Crippen molar-refractivity contribution in [2.45, 2.75) is 53.2 Å². The van der Waals surface area contributed by atoms with Gasteiger partial charge in [0.2, 0.25) is 0 Å². The Kier molecular flexibility index (Phi) is 6.85. The number of halogens is 3. The molecular weight excluding hydrogens is 279 g/mol. The van der Waals surface area contributed by atoms with E-state index in [1.165, 1.54) is 12.1 Å². The number of ether oxygens (including phenoxy) is 1. The van der Waals surface area contributed by atoms with Crippen molar-refractivity contribution in [3.63, 3.8) is 0 Å². The van der Waals surface area contributed by atoms with E-state index in [-0.39, 0.29) is 6.04 Å². The Labute approximate surface area is 124 Å². The first kappa shape index (κ1) is 17.7. The number of hydrogen-bond donors (Lipinski definition) is 1. The predicted molar refractivity (Wildman–Crippen MR) is 79.4 cm³/mol. The van der Waals surface area contributed by atoms with Crippen LogP contribution >= 0.6 is 0 Å². The fourth-order valence-corrected chi connectivity index (χ4v) is 2.37. The zero-order valence-corrected chi connectivity index (χ0v) is 13.0. The molecule has 0 saturated heterocycles. The highest BCUT2D eigenvalue weighted by Gasteiger charge is 2.15. The molecule has 0 unspecified atom stereocenters. The zero-order valence-electron chi connectivity index (χ0n) is 13.0. The molecule has 1 rings (SSSR count). The van der Waals surface area contributed by atoms with Gasteiger partial charge in [-0.3, -0.25) is 0 Å². The Bertz CT molecular complexity index is 426. The first-order valence-corrected chi connectivity index (χ1v) is 7.28. The molecule has 0 aliphatic carbocycles. The summed E-state index contributed by atoms with van der Waals surface area (Å²) in [7, 11) is 0. The maximum atomic E-state index is 13.7. The van der Waals surface area contributed by atoms with Gasteiger partial charge in [-0.15, -0.1) is 0 Å². The SMILES string of the molecule is CC(C)CC(CC(C)C)Nc1ccc(OC(F)F)c(F)c1. The van der Waals surface area contributed by atoms with E-state index < -0.39 is 18.2 Å². The summed E-state index contributed by atoms with van der Waals surface area (Å²) < 4.78 is 42.0. The largest absolute Gasteiger partial charge is 0.432 e. The van der Waals surface area contributed by atoms with Gasteiger partial charge in [0.25, 0.3) is 0 Å². The van der Waals surface area contributed by atoms with Crippen LogP contribution in [0.1, 0.15) is 40.5 Å². The van der Waals surface area contributed by atoms with Crippen molar-refractivity contribution in [2.24, 2.45) is 11.8 Å². The van der Waals surface area contributed by atoms with Crippen molar-refractivity contribution in [3.05, 3.63) is 24.0 Å². The van der Waals surface area contributed by atoms with Crippen LogP contribution in [0.3, 0.4) is 0 Å². The van der Waals surface area contributed by atoms with E-state index >= 15 is 0 Å². The van der Waals surface area contributed by atoms with Crippen molar-refractivity contribution in [3.8, 4) is 5.75 Å². The lowest BCUT2D eigenvalue weighted by Crippen LogP contribution is -2.23. The maximum absolute atomic E-state index is 13.7. The number of rotatable bonds is 8. The molecule has 1 aromatic rings. The molecule has 0 atom stereocenters. The Morgan fingerprint density at radius 2 is 1.62 bits per heavy atom. The van der Waals surface area contributed by atoms with Crippen LogP contribution in [-0.2, 0) is 0 Å². The van der Waals surface area contributed by atoms with Crippen LogP contribution in [0.5, 0.6) is 5.75 Å². The molecule has 0 bridgehead atoms. The van der Waals surface area contributed by atoms with E-state index in [1.54, 1.807) is 6.07 Å². The van der Waals surface area contributed by atoms with Crippen molar-refractivity contribution in [1.29, 1.82) is 0 Å². The van der Waals surface area contributed by atoms with Crippen LogP contribution in [-0.4, -0.2) is 12.7 Å². The second-order valence-corrected chi connectivity index (χ2v) is 6.12. The number of alkyl halides is 2. The third kappa shape index (κ3) is 6.74. The summed E-state index contributed by atoms with van der Waals surface area (Å²) in [6.07, 6.45) is 1.93. The van der Waals surface area contributed by atoms with E-state index in [0.29, 0.717) is 17.5 Å². The molecule has 0 aliphatic rings. The minimum absolute atomic E-state index is 0.228. The van der Waals surface area contributed by atoms with E-state index in [4.69, 9.17) is 0 Å². The topological polar surface area (TPSA) is 21.3 Å². The lowest BCUT2D eigenvalue weighted by atomic mass is 9.95. The van der Waals surface area contributed by atoms with Gasteiger partial charge in [0.1, 0.15) is 0 Å². The second kappa shape index (κ2) is 8.15. The van der Waals surface area contributed by atoms with Gasteiger partial charge < -0.3 is 10.1 Å². The lowest BCUT2D eigenvalue weighted by molar-refractivity contribution is -0.0521. The van der Waals surface area contributed by atoms with Gasteiger partial charge in [-0.2, -0.15) is 8.78 Å². The maximum Gasteiger partial charge on any atom is 0.387 e. The molecule has 2 nitrogen and oxygen atoms in total. The summed E-state index contributed by atoms with van der Waals surface area (Å²) in [5.41, 5.74) is 0.584. The molecule has 0 amide bonds. The molecule has 0 saturated carbocycles. The van der Waals surface area contributed by atoms with Crippen LogP contribution in [0, 0.1) is 17.7 Å². The minimum Gasteiger partial charge on any atom is -0.432 e. The van der Waals surface area contributed by atoms with Crippen molar-refractivity contribution >= 4 is 5.69 Å². The first-order valence-electron chi connectivity index (χ1n) is 7.28. The summed E-state index contributed by atoms with van der Waals surface area (Å²) in [5, 5.41) is 3.28. The molecule has 0 aliphatic heterocycles. The Morgan fingerprint density at radius 3 is 2.05 bits per heavy atom. The summed E-state index contributed by atoms with van der Waals surface area (Å²) >= 11 is 0. The smallest absolute Gasteiger partial charge is 0.387 e. The molecule has 1 N–H and O–H groups in total. The molecule has 5 heteroatoms. The van der Waals surface area contributed by atoms with Gasteiger partial charge in [-0.25, -0.2) is 4.39 Å². The van der Waals surface area contributed by atoms with Crippen molar-refractivity contribution in [1.82, 2.24) is 0 Å². The van der Waals surface area contributed by atoms with Gasteiger partial charge in [-0.05, 0) is 36.8 Å².